The predicted octanol–water partition coefficient (Wildman–Crippen LogP) is 5.35. The average Bonchev–Trinajstić information content (AvgIpc) is 2.81. The number of benzene rings is 2. The molecule has 0 amide bonds. The third-order valence-electron chi connectivity index (χ3n) is 6.90. The molecule has 9 heteroatoms. The van der Waals surface area contributed by atoms with Crippen LogP contribution < -0.4 is 9.62 Å². The molecule has 0 saturated carbocycles. The smallest absolute Gasteiger partial charge is 0.307 e. The van der Waals surface area contributed by atoms with Gasteiger partial charge in [-0.2, -0.15) is 0 Å². The summed E-state index contributed by atoms with van der Waals surface area (Å²) in [5.74, 6) is -2.15. The van der Waals surface area contributed by atoms with Crippen molar-refractivity contribution in [2.75, 3.05) is 44.7 Å². The number of piperazine rings is 1. The van der Waals surface area contributed by atoms with Crippen LogP contribution in [-0.4, -0.2) is 59.7 Å². The molecular formula is C29H41F2N3O3S. The molecule has 1 fully saturated rings. The quantitative estimate of drug-likeness (QED) is 0.450. The zero-order chi connectivity index (χ0) is 28.4. The van der Waals surface area contributed by atoms with Crippen molar-refractivity contribution in [3.05, 3.63) is 52.1 Å². The summed E-state index contributed by atoms with van der Waals surface area (Å²) in [5, 5.41) is 0. The maximum absolute atomic E-state index is 16.3. The second-order valence-corrected chi connectivity index (χ2v) is 13.1. The number of halogens is 2. The van der Waals surface area contributed by atoms with Crippen LogP contribution in [0.15, 0.2) is 18.2 Å². The van der Waals surface area contributed by atoms with Gasteiger partial charge in [0.2, 0.25) is 0 Å². The zero-order valence-electron chi connectivity index (χ0n) is 23.8. The monoisotopic (exact) mass is 549 g/mol. The third-order valence-corrected chi connectivity index (χ3v) is 8.51. The highest BCUT2D eigenvalue weighted by molar-refractivity contribution is 7.84. The molecule has 210 valence electrons. The maximum atomic E-state index is 16.3. The predicted molar refractivity (Wildman–Crippen MR) is 151 cm³/mol. The summed E-state index contributed by atoms with van der Waals surface area (Å²) in [7, 11) is 0.426. The summed E-state index contributed by atoms with van der Waals surface area (Å²) in [6.07, 6.45) is -0.354. The fourth-order valence-corrected chi connectivity index (χ4v) is 5.61. The first-order chi connectivity index (χ1) is 17.7. The van der Waals surface area contributed by atoms with E-state index in [1.165, 1.54) is 6.07 Å². The number of esters is 1. The topological polar surface area (TPSA) is 61.9 Å². The summed E-state index contributed by atoms with van der Waals surface area (Å²) < 4.78 is 52.1. The number of hydrogen-bond donors (Lipinski definition) is 1. The van der Waals surface area contributed by atoms with Crippen molar-refractivity contribution in [1.29, 1.82) is 0 Å². The Bertz CT molecular complexity index is 1180. The minimum atomic E-state index is -1.68. The number of hydrogen-bond acceptors (Lipinski definition) is 5. The Labute approximate surface area is 228 Å². The number of likely N-dealkylation sites (N-methyl/N-ethyl adjacent to an activating group) is 1. The molecule has 0 unspecified atom stereocenters. The molecule has 6 nitrogen and oxygen atoms in total. The molecule has 0 aromatic heterocycles. The van der Waals surface area contributed by atoms with Crippen molar-refractivity contribution >= 4 is 22.6 Å². The van der Waals surface area contributed by atoms with Crippen molar-refractivity contribution < 1.29 is 22.5 Å². The second-order valence-electron chi connectivity index (χ2n) is 11.1. The van der Waals surface area contributed by atoms with E-state index in [0.717, 1.165) is 43.0 Å². The Kier molecular flexibility index (Phi) is 9.71. The number of carbonyl (C=O) groups is 1. The minimum Gasteiger partial charge on any atom is -0.466 e. The van der Waals surface area contributed by atoms with E-state index in [1.807, 2.05) is 13.8 Å². The van der Waals surface area contributed by atoms with Crippen LogP contribution in [0.1, 0.15) is 62.4 Å². The molecule has 0 bridgehead atoms. The van der Waals surface area contributed by atoms with Crippen LogP contribution in [0, 0.1) is 32.4 Å². The highest BCUT2D eigenvalue weighted by Gasteiger charge is 2.32. The number of anilines is 1. The zero-order valence-corrected chi connectivity index (χ0v) is 24.7. The standard InChI is InChI=1S/C29H41F2N3O3S/c1-9-37-24(35)17-23(32-38(36)29(5,6)7)26-27(30)20(4)16-22(28(26)31)25-18(2)14-21(15-19(25)3)34-12-10-33(8)11-13-34/h14-16,23,32H,9-13,17H2,1-8H3/t23-,38+/m0/s1. The van der Waals surface area contributed by atoms with E-state index in [0.29, 0.717) is 5.56 Å². The molecule has 0 spiro atoms. The second kappa shape index (κ2) is 12.2. The number of carbonyl (C=O) groups excluding carboxylic acids is 1. The molecule has 1 N–H and O–H groups in total. The molecule has 2 aromatic rings. The lowest BCUT2D eigenvalue weighted by Crippen LogP contribution is -2.44. The van der Waals surface area contributed by atoms with Crippen LogP contribution in [0.3, 0.4) is 0 Å². The molecule has 1 heterocycles. The first kappa shape index (κ1) is 30.2. The van der Waals surface area contributed by atoms with Crippen molar-refractivity contribution in [2.24, 2.45) is 0 Å². The van der Waals surface area contributed by atoms with Crippen LogP contribution in [0.2, 0.25) is 0 Å². The van der Waals surface area contributed by atoms with Crippen molar-refractivity contribution in [2.45, 2.75) is 65.7 Å². The van der Waals surface area contributed by atoms with Crippen molar-refractivity contribution in [3.8, 4) is 11.1 Å². The maximum Gasteiger partial charge on any atom is 0.307 e. The first-order valence-corrected chi connectivity index (χ1v) is 14.3. The Balaban J connectivity index is 2.11. The van der Waals surface area contributed by atoms with Gasteiger partial charge in [0, 0.05) is 43.0 Å². The molecule has 0 aliphatic carbocycles. The summed E-state index contributed by atoms with van der Waals surface area (Å²) in [5.41, 5.74) is 3.74. The number of ether oxygens (including phenoxy) is 1. The molecular weight excluding hydrogens is 508 g/mol. The Morgan fingerprint density at radius 3 is 2.13 bits per heavy atom. The summed E-state index contributed by atoms with van der Waals surface area (Å²) in [6.45, 7) is 16.3. The molecule has 1 aliphatic heterocycles. The van der Waals surface area contributed by atoms with E-state index in [-0.39, 0.29) is 29.7 Å². The van der Waals surface area contributed by atoms with Gasteiger partial charge in [0.05, 0.1) is 34.8 Å². The molecule has 2 aromatic carbocycles. The van der Waals surface area contributed by atoms with Gasteiger partial charge >= 0.3 is 5.97 Å². The van der Waals surface area contributed by atoms with Gasteiger partial charge in [-0.25, -0.2) is 17.7 Å². The van der Waals surface area contributed by atoms with Gasteiger partial charge in [-0.3, -0.25) is 4.79 Å². The lowest BCUT2D eigenvalue weighted by Gasteiger charge is -2.34. The van der Waals surface area contributed by atoms with E-state index in [9.17, 15) is 9.00 Å². The largest absolute Gasteiger partial charge is 0.466 e. The Morgan fingerprint density at radius 1 is 1.03 bits per heavy atom. The Morgan fingerprint density at radius 2 is 1.61 bits per heavy atom. The van der Waals surface area contributed by atoms with Gasteiger partial charge in [-0.1, -0.05) is 0 Å². The summed E-state index contributed by atoms with van der Waals surface area (Å²) in [6, 6.07) is 4.45. The van der Waals surface area contributed by atoms with Gasteiger partial charge in [-0.05, 0) is 96.0 Å². The van der Waals surface area contributed by atoms with Crippen LogP contribution in [0.4, 0.5) is 14.5 Å². The van der Waals surface area contributed by atoms with Crippen LogP contribution in [-0.2, 0) is 20.5 Å². The van der Waals surface area contributed by atoms with E-state index >= 15 is 8.78 Å². The third kappa shape index (κ3) is 6.79. The average molecular weight is 550 g/mol. The number of rotatable bonds is 8. The van der Waals surface area contributed by atoms with Crippen LogP contribution in [0.5, 0.6) is 0 Å². The van der Waals surface area contributed by atoms with E-state index in [4.69, 9.17) is 4.74 Å². The van der Waals surface area contributed by atoms with Gasteiger partial charge in [0.25, 0.3) is 0 Å². The van der Waals surface area contributed by atoms with Crippen LogP contribution >= 0.6 is 0 Å². The fourth-order valence-electron chi connectivity index (χ4n) is 4.79. The molecule has 1 aliphatic rings. The minimum absolute atomic E-state index is 0.135. The molecule has 38 heavy (non-hydrogen) atoms. The normalized spacial score (nSPS) is 16.4. The van der Waals surface area contributed by atoms with Gasteiger partial charge < -0.3 is 14.5 Å². The fraction of sp³-hybridized carbons (Fsp3) is 0.552. The molecule has 1 saturated heterocycles. The summed E-state index contributed by atoms with van der Waals surface area (Å²) >= 11 is 0. The molecule has 0 radical (unpaired) electrons. The lowest BCUT2D eigenvalue weighted by molar-refractivity contribution is -0.143. The first-order valence-electron chi connectivity index (χ1n) is 13.1. The summed E-state index contributed by atoms with van der Waals surface area (Å²) in [4.78, 5) is 17.0. The Hall–Kier alpha value is -2.36. The molecule has 2 atom stereocenters. The van der Waals surface area contributed by atoms with Gasteiger partial charge in [0.15, 0.2) is 0 Å². The highest BCUT2D eigenvalue weighted by Crippen LogP contribution is 2.38. The van der Waals surface area contributed by atoms with E-state index in [2.05, 4.69) is 33.7 Å². The van der Waals surface area contributed by atoms with E-state index in [1.54, 1.807) is 34.6 Å². The van der Waals surface area contributed by atoms with Crippen molar-refractivity contribution in [1.82, 2.24) is 9.62 Å². The van der Waals surface area contributed by atoms with Crippen molar-refractivity contribution in [3.63, 3.8) is 0 Å². The van der Waals surface area contributed by atoms with Crippen LogP contribution in [0.25, 0.3) is 11.1 Å². The van der Waals surface area contributed by atoms with Gasteiger partial charge in [-0.15, -0.1) is 0 Å². The number of nitrogens with one attached hydrogen (secondary N) is 1. The van der Waals surface area contributed by atoms with Gasteiger partial charge in [0.1, 0.15) is 11.6 Å². The number of aryl methyl sites for hydroxylation is 3. The van der Waals surface area contributed by atoms with E-state index < -0.39 is 39.4 Å². The molecule has 3 rings (SSSR count). The highest BCUT2D eigenvalue weighted by atomic mass is 32.2. The lowest BCUT2D eigenvalue weighted by atomic mass is 9.89. The number of nitrogens with zero attached hydrogens (tertiary/aromatic N) is 2. The SMILES string of the molecule is CCOC(=O)C[C@H](N[S@](=O)C(C)(C)C)c1c(F)c(C)cc(-c2c(C)cc(N3CCN(C)CC3)cc2C)c1F.